The standard InChI is InChI=1S/C22H18F2N2O5/c1-4-22(30)11-6-13-15-14(7-26(13)20(28)10(11)8-31-21(22)29)25(3)18-9(2)5-12(23)17(24)16(18)19(15)27/h5-6,30H,4,7-8H2,1-3H3/t22-/m0/s1. The SMILES string of the molecule is CC[C@@]1(O)C(=O)OCc2c1cc1n(c2=O)Cc2c-1c(=O)c1c(F)c(F)cc(C)c1n2C. The highest BCUT2D eigenvalue weighted by atomic mass is 19.2. The van der Waals surface area contributed by atoms with Crippen LogP contribution in [0.15, 0.2) is 21.7 Å². The summed E-state index contributed by atoms with van der Waals surface area (Å²) in [5, 5.41) is 10.5. The third-order valence-corrected chi connectivity index (χ3v) is 6.47. The van der Waals surface area contributed by atoms with Gasteiger partial charge in [-0.2, -0.15) is 0 Å². The number of rotatable bonds is 1. The van der Waals surface area contributed by atoms with E-state index in [2.05, 4.69) is 0 Å². The van der Waals surface area contributed by atoms with Gasteiger partial charge in [-0.25, -0.2) is 13.6 Å². The Labute approximate surface area is 174 Å². The molecule has 0 aliphatic carbocycles. The van der Waals surface area contributed by atoms with Crippen LogP contribution in [0, 0.1) is 18.6 Å². The Morgan fingerprint density at radius 2 is 1.94 bits per heavy atom. The number of aryl methyl sites for hydroxylation is 2. The van der Waals surface area contributed by atoms with E-state index >= 15 is 0 Å². The molecule has 2 aromatic heterocycles. The highest BCUT2D eigenvalue weighted by molar-refractivity contribution is 5.89. The summed E-state index contributed by atoms with van der Waals surface area (Å²) in [6, 6.07) is 2.45. The van der Waals surface area contributed by atoms with Gasteiger partial charge in [0.05, 0.1) is 40.0 Å². The van der Waals surface area contributed by atoms with Crippen molar-refractivity contribution in [3.8, 4) is 11.3 Å². The van der Waals surface area contributed by atoms with Crippen LogP contribution in [-0.4, -0.2) is 20.2 Å². The van der Waals surface area contributed by atoms with Gasteiger partial charge in [0.2, 0.25) is 5.43 Å². The zero-order valence-electron chi connectivity index (χ0n) is 17.0. The van der Waals surface area contributed by atoms with Crippen molar-refractivity contribution in [1.29, 1.82) is 0 Å². The summed E-state index contributed by atoms with van der Waals surface area (Å²) < 4.78 is 36.7. The number of nitrogens with zero attached hydrogens (tertiary/aromatic N) is 2. The molecule has 0 saturated carbocycles. The summed E-state index contributed by atoms with van der Waals surface area (Å²) in [7, 11) is 1.62. The van der Waals surface area contributed by atoms with Crippen molar-refractivity contribution in [3.63, 3.8) is 0 Å². The maximum absolute atomic E-state index is 14.7. The first-order valence-corrected chi connectivity index (χ1v) is 9.79. The first-order chi connectivity index (χ1) is 14.6. The molecule has 1 aromatic carbocycles. The predicted molar refractivity (Wildman–Crippen MR) is 107 cm³/mol. The maximum atomic E-state index is 14.7. The summed E-state index contributed by atoms with van der Waals surface area (Å²) in [6.45, 7) is 2.90. The molecule has 5 rings (SSSR count). The van der Waals surface area contributed by atoms with Crippen LogP contribution in [0.4, 0.5) is 8.78 Å². The monoisotopic (exact) mass is 428 g/mol. The lowest BCUT2D eigenvalue weighted by Gasteiger charge is -2.31. The normalized spacial score (nSPS) is 19.2. The Morgan fingerprint density at radius 3 is 2.61 bits per heavy atom. The number of aromatic nitrogens is 2. The van der Waals surface area contributed by atoms with Crippen LogP contribution in [0.2, 0.25) is 0 Å². The number of ether oxygens (including phenoxy) is 1. The molecule has 3 aromatic rings. The van der Waals surface area contributed by atoms with Crippen LogP contribution in [0.25, 0.3) is 22.2 Å². The fourth-order valence-electron chi connectivity index (χ4n) is 4.80. The number of fused-ring (bicyclic) bond motifs is 5. The molecule has 0 saturated heterocycles. The second-order valence-corrected chi connectivity index (χ2v) is 8.03. The van der Waals surface area contributed by atoms with Crippen LogP contribution < -0.4 is 11.0 Å². The minimum absolute atomic E-state index is 0.0371. The van der Waals surface area contributed by atoms with Crippen LogP contribution in [-0.2, 0) is 35.3 Å². The molecule has 160 valence electrons. The number of cyclic esters (lactones) is 1. The number of hydrogen-bond donors (Lipinski definition) is 1. The van der Waals surface area contributed by atoms with Crippen LogP contribution in [0.5, 0.6) is 0 Å². The average molecular weight is 428 g/mol. The molecule has 0 amide bonds. The number of pyridine rings is 2. The molecular weight excluding hydrogens is 410 g/mol. The number of aliphatic hydroxyl groups is 1. The summed E-state index contributed by atoms with van der Waals surface area (Å²) >= 11 is 0. The van der Waals surface area contributed by atoms with Crippen molar-refractivity contribution < 1.29 is 23.4 Å². The van der Waals surface area contributed by atoms with Crippen molar-refractivity contribution in [2.45, 2.75) is 39.0 Å². The van der Waals surface area contributed by atoms with Crippen molar-refractivity contribution in [2.75, 3.05) is 0 Å². The third kappa shape index (κ3) is 2.26. The molecule has 0 fully saturated rings. The van der Waals surface area contributed by atoms with E-state index in [9.17, 15) is 28.3 Å². The van der Waals surface area contributed by atoms with Gasteiger partial charge in [0.1, 0.15) is 6.61 Å². The van der Waals surface area contributed by atoms with E-state index in [1.54, 1.807) is 25.5 Å². The van der Waals surface area contributed by atoms with E-state index in [0.29, 0.717) is 11.3 Å². The van der Waals surface area contributed by atoms with E-state index in [1.807, 2.05) is 0 Å². The number of hydrogen-bond acceptors (Lipinski definition) is 5. The molecule has 2 aliphatic rings. The van der Waals surface area contributed by atoms with E-state index < -0.39 is 39.6 Å². The fraction of sp³-hybridized carbons (Fsp3) is 0.318. The van der Waals surface area contributed by atoms with E-state index in [1.165, 1.54) is 10.6 Å². The molecule has 1 atom stereocenters. The molecular formula is C22H18F2N2O5. The maximum Gasteiger partial charge on any atom is 0.343 e. The Balaban J connectivity index is 1.93. The molecule has 0 spiro atoms. The Kier molecular flexibility index (Phi) is 3.86. The summed E-state index contributed by atoms with van der Waals surface area (Å²) in [6.07, 6.45) is -0.0383. The molecule has 0 bridgehead atoms. The smallest absolute Gasteiger partial charge is 0.343 e. The molecule has 2 aliphatic heterocycles. The lowest BCUT2D eigenvalue weighted by molar-refractivity contribution is -0.172. The first-order valence-electron chi connectivity index (χ1n) is 9.79. The highest BCUT2D eigenvalue weighted by Crippen LogP contribution is 2.38. The molecule has 0 unspecified atom stereocenters. The average Bonchev–Trinajstić information content (AvgIpc) is 3.12. The van der Waals surface area contributed by atoms with Gasteiger partial charge in [0.25, 0.3) is 5.56 Å². The Morgan fingerprint density at radius 1 is 1.23 bits per heavy atom. The van der Waals surface area contributed by atoms with Gasteiger partial charge in [0.15, 0.2) is 17.2 Å². The van der Waals surface area contributed by atoms with E-state index in [4.69, 9.17) is 4.74 Å². The third-order valence-electron chi connectivity index (χ3n) is 6.47. The van der Waals surface area contributed by atoms with Gasteiger partial charge < -0.3 is 19.0 Å². The van der Waals surface area contributed by atoms with E-state index in [0.717, 1.165) is 6.07 Å². The Hall–Kier alpha value is -3.33. The van der Waals surface area contributed by atoms with Gasteiger partial charge in [-0.05, 0) is 31.0 Å². The summed E-state index contributed by atoms with van der Waals surface area (Å²) in [4.78, 5) is 38.8. The zero-order chi connectivity index (χ0) is 22.4. The number of carbonyl (C=O) groups excluding carboxylic acids is 1. The summed E-state index contributed by atoms with van der Waals surface area (Å²) in [5.74, 6) is -3.26. The van der Waals surface area contributed by atoms with Crippen LogP contribution in [0.3, 0.4) is 0 Å². The molecule has 4 heterocycles. The molecule has 7 nitrogen and oxygen atoms in total. The second-order valence-electron chi connectivity index (χ2n) is 8.03. The first kappa shape index (κ1) is 19.6. The molecule has 1 N–H and O–H groups in total. The predicted octanol–water partition coefficient (Wildman–Crippen LogP) is 1.97. The van der Waals surface area contributed by atoms with E-state index in [-0.39, 0.29) is 47.5 Å². The van der Waals surface area contributed by atoms with Crippen molar-refractivity contribution in [2.24, 2.45) is 7.05 Å². The second kappa shape index (κ2) is 6.10. The van der Waals surface area contributed by atoms with Crippen LogP contribution in [0.1, 0.15) is 35.7 Å². The van der Waals surface area contributed by atoms with Gasteiger partial charge in [-0.1, -0.05) is 6.92 Å². The van der Waals surface area contributed by atoms with Gasteiger partial charge in [-0.15, -0.1) is 0 Å². The van der Waals surface area contributed by atoms with Crippen LogP contribution >= 0.6 is 0 Å². The number of halogens is 2. The molecule has 9 heteroatoms. The minimum atomic E-state index is -2.03. The number of carbonyl (C=O) groups is 1. The fourth-order valence-corrected chi connectivity index (χ4v) is 4.80. The van der Waals surface area contributed by atoms with Crippen molar-refractivity contribution in [3.05, 3.63) is 66.7 Å². The highest BCUT2D eigenvalue weighted by Gasteiger charge is 2.45. The van der Waals surface area contributed by atoms with Gasteiger partial charge in [-0.3, -0.25) is 9.59 Å². The van der Waals surface area contributed by atoms with Gasteiger partial charge >= 0.3 is 5.97 Å². The number of benzene rings is 1. The number of esters is 1. The molecule has 31 heavy (non-hydrogen) atoms. The molecule has 0 radical (unpaired) electrons. The van der Waals surface area contributed by atoms with Crippen molar-refractivity contribution in [1.82, 2.24) is 9.13 Å². The Bertz CT molecular complexity index is 1470. The lowest BCUT2D eigenvalue weighted by Crippen LogP contribution is -2.44. The quantitative estimate of drug-likeness (QED) is 0.468. The summed E-state index contributed by atoms with van der Waals surface area (Å²) in [5.41, 5.74) is -1.76. The zero-order valence-corrected chi connectivity index (χ0v) is 17.0. The minimum Gasteiger partial charge on any atom is -0.458 e. The largest absolute Gasteiger partial charge is 0.458 e. The topological polar surface area (TPSA) is 90.5 Å². The van der Waals surface area contributed by atoms with Crippen molar-refractivity contribution >= 4 is 16.9 Å². The lowest BCUT2D eigenvalue weighted by atomic mass is 9.85. The van der Waals surface area contributed by atoms with Gasteiger partial charge in [0, 0.05) is 12.6 Å².